The Balaban J connectivity index is 2.38. The summed E-state index contributed by atoms with van der Waals surface area (Å²) in [6.07, 6.45) is 1.35. The van der Waals surface area contributed by atoms with E-state index in [-0.39, 0.29) is 16.4 Å². The van der Waals surface area contributed by atoms with Crippen LogP contribution in [-0.4, -0.2) is 13.4 Å². The third-order valence-corrected chi connectivity index (χ3v) is 4.61. The summed E-state index contributed by atoms with van der Waals surface area (Å²) in [5.41, 5.74) is 6.46. The van der Waals surface area contributed by atoms with Gasteiger partial charge in [0.05, 0.1) is 20.6 Å². The van der Waals surface area contributed by atoms with Crippen LogP contribution < -0.4 is 10.5 Å². The molecule has 1 aromatic carbocycles. The maximum atomic E-state index is 12.2. The van der Waals surface area contributed by atoms with E-state index in [0.717, 1.165) is 0 Å². The van der Waals surface area contributed by atoms with Gasteiger partial charge in [-0.1, -0.05) is 23.2 Å². The predicted octanol–water partition coefficient (Wildman–Crippen LogP) is 3.08. The van der Waals surface area contributed by atoms with Gasteiger partial charge in [0.2, 0.25) is 0 Å². The number of nitrogen functional groups attached to an aromatic ring is 1. The summed E-state index contributed by atoms with van der Waals surface area (Å²) in [7, 11) is -3.78. The molecule has 1 heterocycles. The number of aromatic nitrogens is 1. The van der Waals surface area contributed by atoms with E-state index < -0.39 is 10.0 Å². The average molecular weight is 332 g/mol. The van der Waals surface area contributed by atoms with Crippen LogP contribution in [0.1, 0.15) is 5.56 Å². The van der Waals surface area contributed by atoms with Gasteiger partial charge in [0, 0.05) is 6.20 Å². The molecule has 0 aliphatic heterocycles. The highest BCUT2D eigenvalue weighted by Crippen LogP contribution is 2.27. The monoisotopic (exact) mass is 331 g/mol. The van der Waals surface area contributed by atoms with Crippen LogP contribution in [0.2, 0.25) is 10.0 Å². The third-order valence-electron chi connectivity index (χ3n) is 2.53. The van der Waals surface area contributed by atoms with E-state index in [0.29, 0.717) is 15.6 Å². The molecule has 0 saturated carbocycles. The maximum Gasteiger partial charge on any atom is 0.263 e. The van der Waals surface area contributed by atoms with Crippen LogP contribution >= 0.6 is 23.2 Å². The minimum absolute atomic E-state index is 0.0219. The van der Waals surface area contributed by atoms with Gasteiger partial charge in [-0.2, -0.15) is 0 Å². The van der Waals surface area contributed by atoms with E-state index in [1.165, 1.54) is 30.5 Å². The fourth-order valence-electron chi connectivity index (χ4n) is 1.55. The molecule has 3 N–H and O–H groups in total. The number of pyridine rings is 1. The highest BCUT2D eigenvalue weighted by molar-refractivity contribution is 7.92. The zero-order valence-corrected chi connectivity index (χ0v) is 12.7. The first-order chi connectivity index (χ1) is 9.29. The van der Waals surface area contributed by atoms with Crippen molar-refractivity contribution in [1.29, 1.82) is 0 Å². The molecule has 0 unspecified atom stereocenters. The fraction of sp³-hybridized carbons (Fsp3) is 0.0833. The molecule has 8 heteroatoms. The normalized spacial score (nSPS) is 11.3. The van der Waals surface area contributed by atoms with Crippen LogP contribution in [-0.2, 0) is 10.0 Å². The first-order valence-corrected chi connectivity index (χ1v) is 7.73. The Bertz CT molecular complexity index is 723. The Morgan fingerprint density at radius 1 is 1.25 bits per heavy atom. The Morgan fingerprint density at radius 2 is 1.95 bits per heavy atom. The summed E-state index contributed by atoms with van der Waals surface area (Å²) in [6.45, 7) is 1.68. The molecule has 0 aliphatic rings. The van der Waals surface area contributed by atoms with Crippen LogP contribution in [0.4, 0.5) is 11.5 Å². The first-order valence-electron chi connectivity index (χ1n) is 5.49. The van der Waals surface area contributed by atoms with Crippen molar-refractivity contribution in [3.8, 4) is 0 Å². The zero-order valence-electron chi connectivity index (χ0n) is 10.4. The lowest BCUT2D eigenvalue weighted by molar-refractivity contribution is 0.601. The average Bonchev–Trinajstić information content (AvgIpc) is 2.38. The second-order valence-electron chi connectivity index (χ2n) is 4.11. The summed E-state index contributed by atoms with van der Waals surface area (Å²) in [5.74, 6) is 0.167. The van der Waals surface area contributed by atoms with Gasteiger partial charge in [-0.05, 0) is 36.8 Å². The molecule has 5 nitrogen and oxygen atoms in total. The summed E-state index contributed by atoms with van der Waals surface area (Å²) >= 11 is 11.6. The van der Waals surface area contributed by atoms with Crippen molar-refractivity contribution < 1.29 is 8.42 Å². The molecule has 106 valence electrons. The molecule has 0 radical (unpaired) electrons. The predicted molar refractivity (Wildman–Crippen MR) is 80.7 cm³/mol. The van der Waals surface area contributed by atoms with Gasteiger partial charge >= 0.3 is 0 Å². The van der Waals surface area contributed by atoms with Gasteiger partial charge in [0.1, 0.15) is 5.82 Å². The minimum atomic E-state index is -3.78. The summed E-state index contributed by atoms with van der Waals surface area (Å²) in [5, 5.41) is 0.757. The molecule has 20 heavy (non-hydrogen) atoms. The second kappa shape index (κ2) is 5.47. The molecular formula is C12H11Cl2N3O2S. The van der Waals surface area contributed by atoms with Crippen molar-refractivity contribution in [1.82, 2.24) is 4.98 Å². The van der Waals surface area contributed by atoms with Crippen molar-refractivity contribution in [2.45, 2.75) is 11.8 Å². The second-order valence-corrected chi connectivity index (χ2v) is 6.61. The molecule has 0 spiro atoms. The number of nitrogens with two attached hydrogens (primary N) is 1. The number of hydrogen-bond acceptors (Lipinski definition) is 4. The van der Waals surface area contributed by atoms with E-state index in [9.17, 15) is 8.42 Å². The lowest BCUT2D eigenvalue weighted by Crippen LogP contribution is -2.14. The van der Waals surface area contributed by atoms with Crippen LogP contribution in [0.3, 0.4) is 0 Å². The first kappa shape index (κ1) is 14.9. The van der Waals surface area contributed by atoms with Crippen molar-refractivity contribution in [3.05, 3.63) is 46.1 Å². The van der Waals surface area contributed by atoms with Gasteiger partial charge in [-0.15, -0.1) is 0 Å². The standard InChI is InChI=1S/C12H11Cl2N3O2S/c1-7-4-9(5-10(15)12(7)14)20(18,19)17-11-3-2-8(13)6-16-11/h2-6H,15H2,1H3,(H,16,17). The Morgan fingerprint density at radius 3 is 2.50 bits per heavy atom. The molecule has 1 aromatic heterocycles. The van der Waals surface area contributed by atoms with E-state index in [1.807, 2.05) is 0 Å². The Labute approximate surface area is 126 Å². The number of nitrogens with zero attached hydrogens (tertiary/aromatic N) is 1. The number of benzene rings is 1. The van der Waals surface area contributed by atoms with Crippen LogP contribution in [0.15, 0.2) is 35.4 Å². The van der Waals surface area contributed by atoms with Gasteiger partial charge in [-0.25, -0.2) is 13.4 Å². The highest BCUT2D eigenvalue weighted by atomic mass is 35.5. The quantitative estimate of drug-likeness (QED) is 0.846. The molecule has 0 aliphatic carbocycles. The van der Waals surface area contributed by atoms with E-state index >= 15 is 0 Å². The van der Waals surface area contributed by atoms with E-state index in [1.54, 1.807) is 6.92 Å². The molecule has 0 bridgehead atoms. The van der Waals surface area contributed by atoms with Crippen molar-refractivity contribution in [2.24, 2.45) is 0 Å². The van der Waals surface area contributed by atoms with Gasteiger partial charge in [-0.3, -0.25) is 4.72 Å². The van der Waals surface area contributed by atoms with Crippen molar-refractivity contribution in [2.75, 3.05) is 10.5 Å². The SMILES string of the molecule is Cc1cc(S(=O)(=O)Nc2ccc(Cl)cn2)cc(N)c1Cl. The van der Waals surface area contributed by atoms with Crippen LogP contribution in [0.25, 0.3) is 0 Å². The smallest absolute Gasteiger partial charge is 0.263 e. The van der Waals surface area contributed by atoms with Crippen LogP contribution in [0.5, 0.6) is 0 Å². The number of hydrogen-bond donors (Lipinski definition) is 2. The molecule has 2 aromatic rings. The largest absolute Gasteiger partial charge is 0.397 e. The molecule has 0 saturated heterocycles. The lowest BCUT2D eigenvalue weighted by Gasteiger charge is -2.10. The molecule has 0 fully saturated rings. The Kier molecular flexibility index (Phi) is 4.08. The highest BCUT2D eigenvalue weighted by Gasteiger charge is 2.17. The summed E-state index contributed by atoms with van der Waals surface area (Å²) in [6, 6.07) is 5.74. The number of anilines is 2. The summed E-state index contributed by atoms with van der Waals surface area (Å²) < 4.78 is 26.8. The van der Waals surface area contributed by atoms with Crippen LogP contribution in [0, 0.1) is 6.92 Å². The van der Waals surface area contributed by atoms with E-state index in [2.05, 4.69) is 9.71 Å². The zero-order chi connectivity index (χ0) is 14.9. The van der Waals surface area contributed by atoms with Gasteiger partial charge in [0.15, 0.2) is 0 Å². The molecule has 2 rings (SSSR count). The minimum Gasteiger partial charge on any atom is -0.397 e. The summed E-state index contributed by atoms with van der Waals surface area (Å²) in [4.78, 5) is 3.89. The number of aryl methyl sites for hydroxylation is 1. The number of nitrogens with one attached hydrogen (secondary N) is 1. The molecular weight excluding hydrogens is 321 g/mol. The van der Waals surface area contributed by atoms with E-state index in [4.69, 9.17) is 28.9 Å². The maximum absolute atomic E-state index is 12.2. The third kappa shape index (κ3) is 3.15. The van der Waals surface area contributed by atoms with Crippen molar-refractivity contribution in [3.63, 3.8) is 0 Å². The molecule has 0 atom stereocenters. The number of rotatable bonds is 3. The topological polar surface area (TPSA) is 85.1 Å². The lowest BCUT2D eigenvalue weighted by atomic mass is 10.2. The number of halogens is 2. The van der Waals surface area contributed by atoms with Gasteiger partial charge in [0.25, 0.3) is 10.0 Å². The Hall–Kier alpha value is -1.50. The number of sulfonamides is 1. The fourth-order valence-corrected chi connectivity index (χ4v) is 2.90. The van der Waals surface area contributed by atoms with Gasteiger partial charge < -0.3 is 5.73 Å². The van der Waals surface area contributed by atoms with Crippen molar-refractivity contribution >= 4 is 44.7 Å². The molecule has 0 amide bonds.